The van der Waals surface area contributed by atoms with Gasteiger partial charge in [-0.3, -0.25) is 9.59 Å². The first kappa shape index (κ1) is 17.0. The zero-order valence-electron chi connectivity index (χ0n) is 14.8. The Balaban J connectivity index is 1.65. The van der Waals surface area contributed by atoms with Gasteiger partial charge in [-0.05, 0) is 25.3 Å². The van der Waals surface area contributed by atoms with Gasteiger partial charge in [0.1, 0.15) is 11.5 Å². The summed E-state index contributed by atoms with van der Waals surface area (Å²) in [5.41, 5.74) is 1.28. The second kappa shape index (κ2) is 6.09. The average molecular weight is 353 g/mol. The predicted octanol–water partition coefficient (Wildman–Crippen LogP) is 2.43. The van der Waals surface area contributed by atoms with E-state index >= 15 is 0 Å². The van der Waals surface area contributed by atoms with Crippen LogP contribution in [0.4, 0.5) is 0 Å². The molecule has 0 radical (unpaired) electrons. The largest absolute Gasteiger partial charge is 0.481 e. The summed E-state index contributed by atoms with van der Waals surface area (Å²) in [6, 6.07) is 9.80. The van der Waals surface area contributed by atoms with E-state index in [0.29, 0.717) is 13.0 Å². The van der Waals surface area contributed by atoms with Crippen molar-refractivity contribution in [3.8, 4) is 0 Å². The van der Waals surface area contributed by atoms with Gasteiger partial charge in [0.2, 0.25) is 5.91 Å². The Hall–Kier alpha value is -2.40. The lowest BCUT2D eigenvalue weighted by atomic mass is 9.74. The van der Waals surface area contributed by atoms with Gasteiger partial charge in [-0.25, -0.2) is 0 Å². The molecule has 5 atom stereocenters. The van der Waals surface area contributed by atoms with Crippen molar-refractivity contribution >= 4 is 11.9 Å². The van der Waals surface area contributed by atoms with Crippen LogP contribution in [0.3, 0.4) is 0 Å². The van der Waals surface area contributed by atoms with Gasteiger partial charge in [0.25, 0.3) is 0 Å². The van der Waals surface area contributed by atoms with Crippen LogP contribution in [0.2, 0.25) is 0 Å². The van der Waals surface area contributed by atoms with E-state index in [0.717, 1.165) is 17.6 Å². The molecule has 2 bridgehead atoms. The zero-order chi connectivity index (χ0) is 18.5. The maximum absolute atomic E-state index is 13.2. The zero-order valence-corrected chi connectivity index (χ0v) is 14.8. The summed E-state index contributed by atoms with van der Waals surface area (Å²) in [5.74, 6) is -2.51. The maximum atomic E-state index is 13.2. The molecule has 4 rings (SSSR count). The number of benzene rings is 1. The summed E-state index contributed by atoms with van der Waals surface area (Å²) in [6.07, 6.45) is 4.57. The summed E-state index contributed by atoms with van der Waals surface area (Å²) in [6.45, 7) is 6.49. The Labute approximate surface area is 152 Å². The molecule has 1 spiro atoms. The molecule has 0 unspecified atom stereocenters. The molecule has 136 valence electrons. The van der Waals surface area contributed by atoms with Crippen molar-refractivity contribution in [2.45, 2.75) is 37.5 Å². The number of amides is 1. The molecular formula is C21H23NO4. The molecule has 1 N–H and O–H groups in total. The molecule has 26 heavy (non-hydrogen) atoms. The van der Waals surface area contributed by atoms with Crippen LogP contribution >= 0.6 is 0 Å². The topological polar surface area (TPSA) is 66.8 Å². The number of carboxylic acids is 1. The van der Waals surface area contributed by atoms with Crippen molar-refractivity contribution in [2.24, 2.45) is 11.8 Å². The first-order chi connectivity index (χ1) is 12.4. The molecule has 2 fully saturated rings. The number of carbonyl (C=O) groups is 2. The lowest BCUT2D eigenvalue weighted by Gasteiger charge is -2.33. The van der Waals surface area contributed by atoms with Gasteiger partial charge in [-0.1, -0.05) is 48.1 Å². The quantitative estimate of drug-likeness (QED) is 0.798. The van der Waals surface area contributed by atoms with E-state index in [-0.39, 0.29) is 11.9 Å². The van der Waals surface area contributed by atoms with Crippen molar-refractivity contribution in [3.05, 3.63) is 60.2 Å². The Morgan fingerprint density at radius 2 is 2.08 bits per heavy atom. The molecule has 1 amide bonds. The summed E-state index contributed by atoms with van der Waals surface area (Å²) >= 11 is 0. The van der Waals surface area contributed by atoms with E-state index in [9.17, 15) is 14.7 Å². The molecule has 1 aromatic carbocycles. The highest BCUT2D eigenvalue weighted by Gasteiger charge is 2.70. The Bertz CT molecular complexity index is 786. The lowest BCUT2D eigenvalue weighted by Crippen LogP contribution is -2.45. The third-order valence-corrected chi connectivity index (χ3v) is 5.84. The Morgan fingerprint density at radius 1 is 1.35 bits per heavy atom. The van der Waals surface area contributed by atoms with E-state index in [2.05, 4.69) is 6.58 Å². The van der Waals surface area contributed by atoms with Crippen LogP contribution in [0.1, 0.15) is 18.9 Å². The number of rotatable bonds is 6. The first-order valence-corrected chi connectivity index (χ1v) is 9.03. The van der Waals surface area contributed by atoms with Gasteiger partial charge in [-0.2, -0.15) is 0 Å². The second-order valence-electron chi connectivity index (χ2n) is 7.58. The predicted molar refractivity (Wildman–Crippen MR) is 96.4 cm³/mol. The number of hydrogen-bond acceptors (Lipinski definition) is 3. The molecular weight excluding hydrogens is 330 g/mol. The molecule has 2 saturated heterocycles. The fourth-order valence-corrected chi connectivity index (χ4v) is 4.76. The fraction of sp³-hybridized carbons (Fsp3) is 0.429. The SMILES string of the molecule is C=C(C)C[C@H]1N(CCc2ccccc2)C(=O)[C@@H]2[C@H](C(=O)O)[C@H]3C=C[C@]21O3. The number of carbonyl (C=O) groups excluding carboxylic acids is 1. The van der Waals surface area contributed by atoms with E-state index < -0.39 is 29.5 Å². The van der Waals surface area contributed by atoms with Gasteiger partial charge in [0, 0.05) is 6.54 Å². The maximum Gasteiger partial charge on any atom is 0.310 e. The highest BCUT2D eigenvalue weighted by atomic mass is 16.5. The van der Waals surface area contributed by atoms with E-state index in [1.165, 1.54) is 0 Å². The summed E-state index contributed by atoms with van der Waals surface area (Å²) in [5, 5.41) is 9.66. The number of fused-ring (bicyclic) bond motifs is 1. The van der Waals surface area contributed by atoms with E-state index in [1.807, 2.05) is 54.3 Å². The smallest absolute Gasteiger partial charge is 0.310 e. The summed E-state index contributed by atoms with van der Waals surface area (Å²) in [7, 11) is 0. The van der Waals surface area contributed by atoms with Crippen LogP contribution in [-0.2, 0) is 20.7 Å². The van der Waals surface area contributed by atoms with Crippen molar-refractivity contribution in [1.82, 2.24) is 4.90 Å². The van der Waals surface area contributed by atoms with Gasteiger partial charge in [0.05, 0.1) is 18.1 Å². The van der Waals surface area contributed by atoms with E-state index in [1.54, 1.807) is 0 Å². The van der Waals surface area contributed by atoms with Crippen molar-refractivity contribution in [2.75, 3.05) is 6.54 Å². The molecule has 0 aliphatic carbocycles. The molecule has 1 aromatic rings. The van der Waals surface area contributed by atoms with Crippen LogP contribution in [0.25, 0.3) is 0 Å². The van der Waals surface area contributed by atoms with Crippen molar-refractivity contribution in [3.63, 3.8) is 0 Å². The number of nitrogens with zero attached hydrogens (tertiary/aromatic N) is 1. The van der Waals surface area contributed by atoms with Gasteiger partial charge in [0.15, 0.2) is 0 Å². The van der Waals surface area contributed by atoms with Crippen LogP contribution in [0.5, 0.6) is 0 Å². The van der Waals surface area contributed by atoms with Crippen LogP contribution in [0, 0.1) is 11.8 Å². The number of aliphatic carboxylic acids is 1. The minimum atomic E-state index is -0.960. The minimum absolute atomic E-state index is 0.105. The third kappa shape index (κ3) is 2.42. The monoisotopic (exact) mass is 353 g/mol. The number of likely N-dealkylation sites (tertiary alicyclic amines) is 1. The number of hydrogen-bond donors (Lipinski definition) is 1. The highest BCUT2D eigenvalue weighted by molar-refractivity contribution is 5.91. The normalized spacial score (nSPS) is 34.3. The van der Waals surface area contributed by atoms with Gasteiger partial charge >= 0.3 is 5.97 Å². The fourth-order valence-electron chi connectivity index (χ4n) is 4.76. The van der Waals surface area contributed by atoms with E-state index in [4.69, 9.17) is 4.74 Å². The molecule has 0 saturated carbocycles. The van der Waals surface area contributed by atoms with Crippen LogP contribution in [0.15, 0.2) is 54.6 Å². The summed E-state index contributed by atoms with van der Waals surface area (Å²) in [4.78, 5) is 26.8. The van der Waals surface area contributed by atoms with Gasteiger partial charge < -0.3 is 14.7 Å². The number of carboxylic acid groups (broad SMARTS) is 1. The average Bonchev–Trinajstić information content (AvgIpc) is 3.24. The Kier molecular flexibility index (Phi) is 3.99. The molecule has 3 aliphatic rings. The number of ether oxygens (including phenoxy) is 1. The minimum Gasteiger partial charge on any atom is -0.481 e. The highest BCUT2D eigenvalue weighted by Crippen LogP contribution is 2.55. The molecule has 3 heterocycles. The van der Waals surface area contributed by atoms with Crippen molar-refractivity contribution < 1.29 is 19.4 Å². The molecule has 0 aromatic heterocycles. The molecule has 5 nitrogen and oxygen atoms in total. The second-order valence-corrected chi connectivity index (χ2v) is 7.58. The standard InChI is InChI=1S/C21H23NO4/c1-13(2)12-16-21-10-8-15(26-21)17(20(24)25)18(21)19(23)22(16)11-9-14-6-4-3-5-7-14/h3-8,10,15-18H,1,9,11-12H2,2H3,(H,24,25)/t15-,16-,17-,18+,21-/m1/s1. The molecule has 3 aliphatic heterocycles. The lowest BCUT2D eigenvalue weighted by molar-refractivity contribution is -0.148. The molecule has 5 heteroatoms. The van der Waals surface area contributed by atoms with Gasteiger partial charge in [-0.15, -0.1) is 6.58 Å². The first-order valence-electron chi connectivity index (χ1n) is 9.03. The third-order valence-electron chi connectivity index (χ3n) is 5.84. The van der Waals surface area contributed by atoms with Crippen LogP contribution in [-0.4, -0.2) is 46.2 Å². The summed E-state index contributed by atoms with van der Waals surface area (Å²) < 4.78 is 6.13. The Morgan fingerprint density at radius 3 is 2.73 bits per heavy atom. The van der Waals surface area contributed by atoms with Crippen LogP contribution < -0.4 is 0 Å². The van der Waals surface area contributed by atoms with Crippen molar-refractivity contribution in [1.29, 1.82) is 0 Å².